The van der Waals surface area contributed by atoms with Crippen LogP contribution in [0.1, 0.15) is 68.5 Å². The van der Waals surface area contributed by atoms with E-state index in [1.807, 2.05) is 47.4 Å². The zero-order chi connectivity index (χ0) is 27.2. The number of carbonyl (C=O) groups excluding carboxylic acids is 2. The highest BCUT2D eigenvalue weighted by molar-refractivity contribution is 5.85. The number of amides is 2. The molecule has 0 radical (unpaired) electrons. The van der Waals surface area contributed by atoms with Crippen LogP contribution in [0.25, 0.3) is 0 Å². The first-order valence-electron chi connectivity index (χ1n) is 14.6. The van der Waals surface area contributed by atoms with E-state index in [2.05, 4.69) is 16.3 Å². The van der Waals surface area contributed by atoms with Gasteiger partial charge in [0.25, 0.3) is 0 Å². The summed E-state index contributed by atoms with van der Waals surface area (Å²) in [6.07, 6.45) is 7.83. The molecule has 2 aromatic carbocycles. The average Bonchev–Trinajstić information content (AvgIpc) is 3.62. The summed E-state index contributed by atoms with van der Waals surface area (Å²) >= 11 is 0. The second kappa shape index (κ2) is 12.4. The fourth-order valence-electron chi connectivity index (χ4n) is 6.71. The zero-order valence-electron chi connectivity index (χ0n) is 23.5. The van der Waals surface area contributed by atoms with Crippen molar-refractivity contribution in [2.45, 2.75) is 64.0 Å². The van der Waals surface area contributed by atoms with E-state index in [1.54, 1.807) is 14.2 Å². The maximum absolute atomic E-state index is 13.5. The van der Waals surface area contributed by atoms with Crippen LogP contribution in [0.5, 0.6) is 11.5 Å². The summed E-state index contributed by atoms with van der Waals surface area (Å²) in [4.78, 5) is 31.1. The molecule has 1 spiro atoms. The van der Waals surface area contributed by atoms with Gasteiger partial charge in [-0.2, -0.15) is 0 Å². The molecular weight excluding hydrogens is 490 g/mol. The van der Waals surface area contributed by atoms with Crippen LogP contribution in [0, 0.1) is 11.3 Å². The molecule has 3 fully saturated rings. The highest BCUT2D eigenvalue weighted by atomic mass is 16.5. The van der Waals surface area contributed by atoms with Gasteiger partial charge in [0, 0.05) is 31.1 Å². The lowest BCUT2D eigenvalue weighted by Gasteiger charge is -2.38. The molecule has 1 unspecified atom stereocenters. The normalized spacial score (nSPS) is 20.4. The maximum atomic E-state index is 13.5. The minimum absolute atomic E-state index is 0.0850. The minimum Gasteiger partial charge on any atom is -0.497 e. The van der Waals surface area contributed by atoms with Crippen molar-refractivity contribution in [3.8, 4) is 11.5 Å². The molecule has 2 aliphatic heterocycles. The number of para-hydroxylation sites is 1. The predicted molar refractivity (Wildman–Crippen MR) is 152 cm³/mol. The number of ether oxygens (including phenoxy) is 2. The molecule has 7 nitrogen and oxygen atoms in total. The summed E-state index contributed by atoms with van der Waals surface area (Å²) in [6, 6.07) is 15.9. The fraction of sp³-hybridized carbons (Fsp3) is 0.562. The molecule has 7 heteroatoms. The highest BCUT2D eigenvalue weighted by Crippen LogP contribution is 2.42. The van der Waals surface area contributed by atoms with Crippen molar-refractivity contribution in [1.82, 2.24) is 15.1 Å². The molecule has 3 aliphatic rings. The molecule has 5 rings (SSSR count). The topological polar surface area (TPSA) is 71.1 Å². The third-order valence-corrected chi connectivity index (χ3v) is 9.24. The van der Waals surface area contributed by atoms with Gasteiger partial charge in [0.15, 0.2) is 0 Å². The number of nitrogens with zero attached hydrogens (tertiary/aromatic N) is 2. The Morgan fingerprint density at radius 2 is 1.67 bits per heavy atom. The van der Waals surface area contributed by atoms with E-state index in [-0.39, 0.29) is 23.3 Å². The molecule has 1 atom stereocenters. The van der Waals surface area contributed by atoms with Crippen molar-refractivity contribution in [3.63, 3.8) is 0 Å². The number of likely N-dealkylation sites (tertiary alicyclic amines) is 2. The molecule has 39 heavy (non-hydrogen) atoms. The largest absolute Gasteiger partial charge is 0.497 e. The quantitative estimate of drug-likeness (QED) is 0.468. The Kier molecular flexibility index (Phi) is 8.75. The number of carbonyl (C=O) groups is 2. The van der Waals surface area contributed by atoms with Gasteiger partial charge >= 0.3 is 0 Å². The van der Waals surface area contributed by atoms with E-state index >= 15 is 0 Å². The smallest absolute Gasteiger partial charge is 0.229 e. The molecule has 2 amide bonds. The minimum atomic E-state index is -0.221. The van der Waals surface area contributed by atoms with Crippen molar-refractivity contribution in [2.24, 2.45) is 11.3 Å². The standard InChI is InChI=1S/C32H43N3O4/c1-38-26-13-11-24(12-14-26)23-35-22-18-32(31(35)37)16-20-34(21-17-32)19-15-28(27-9-5-6-10-29(27)39-2)33-30(36)25-7-3-4-8-25/h5-6,9-14,25,28H,3-4,7-8,15-23H2,1-2H3,(H,33,36). The molecule has 2 heterocycles. The third-order valence-electron chi connectivity index (χ3n) is 9.24. The number of hydrogen-bond acceptors (Lipinski definition) is 5. The van der Waals surface area contributed by atoms with Crippen molar-refractivity contribution in [3.05, 3.63) is 59.7 Å². The van der Waals surface area contributed by atoms with E-state index in [4.69, 9.17) is 9.47 Å². The Hall–Kier alpha value is -3.06. The first-order valence-corrected chi connectivity index (χ1v) is 14.6. The van der Waals surface area contributed by atoms with E-state index in [1.165, 1.54) is 0 Å². The van der Waals surface area contributed by atoms with Crippen molar-refractivity contribution < 1.29 is 19.1 Å². The van der Waals surface area contributed by atoms with Gasteiger partial charge in [0.2, 0.25) is 11.8 Å². The van der Waals surface area contributed by atoms with Crippen molar-refractivity contribution >= 4 is 11.8 Å². The fourth-order valence-corrected chi connectivity index (χ4v) is 6.71. The van der Waals surface area contributed by atoms with Gasteiger partial charge in [-0.15, -0.1) is 0 Å². The van der Waals surface area contributed by atoms with E-state index in [0.717, 1.165) is 100 Å². The van der Waals surface area contributed by atoms with Gasteiger partial charge in [-0.25, -0.2) is 0 Å². The molecule has 1 N–H and O–H groups in total. The van der Waals surface area contributed by atoms with Crippen LogP contribution in [0.15, 0.2) is 48.5 Å². The number of benzene rings is 2. The second-order valence-corrected chi connectivity index (χ2v) is 11.5. The lowest BCUT2D eigenvalue weighted by molar-refractivity contribution is -0.139. The van der Waals surface area contributed by atoms with Crippen LogP contribution in [-0.2, 0) is 16.1 Å². The van der Waals surface area contributed by atoms with Crippen LogP contribution in [-0.4, -0.2) is 62.0 Å². The SMILES string of the molecule is COc1ccc(CN2CCC3(CCN(CCC(NC(=O)C4CCCC4)c4ccccc4OC)CC3)C2=O)cc1. The van der Waals surface area contributed by atoms with Crippen molar-refractivity contribution in [2.75, 3.05) is 40.4 Å². The first kappa shape index (κ1) is 27.5. The summed E-state index contributed by atoms with van der Waals surface area (Å²) < 4.78 is 10.9. The monoisotopic (exact) mass is 533 g/mol. The van der Waals surface area contributed by atoms with Gasteiger partial charge in [0.1, 0.15) is 11.5 Å². The molecule has 2 aromatic rings. The van der Waals surface area contributed by atoms with Gasteiger partial charge < -0.3 is 24.6 Å². The second-order valence-electron chi connectivity index (χ2n) is 11.5. The average molecular weight is 534 g/mol. The van der Waals surface area contributed by atoms with Crippen LogP contribution in [0.3, 0.4) is 0 Å². The van der Waals surface area contributed by atoms with Gasteiger partial charge in [0.05, 0.1) is 25.7 Å². The predicted octanol–water partition coefficient (Wildman–Crippen LogP) is 4.96. The first-order chi connectivity index (χ1) is 19.0. The molecule has 0 bridgehead atoms. The Balaban J connectivity index is 1.17. The van der Waals surface area contributed by atoms with Crippen LogP contribution < -0.4 is 14.8 Å². The number of piperidine rings is 1. The zero-order valence-corrected chi connectivity index (χ0v) is 23.5. The Labute approximate surface area is 232 Å². The molecule has 1 aliphatic carbocycles. The van der Waals surface area contributed by atoms with Crippen LogP contribution >= 0.6 is 0 Å². The Bertz CT molecular complexity index is 1120. The molecular formula is C32H43N3O4. The molecule has 0 aromatic heterocycles. The summed E-state index contributed by atoms with van der Waals surface area (Å²) in [6.45, 7) is 4.20. The maximum Gasteiger partial charge on any atom is 0.229 e. The van der Waals surface area contributed by atoms with E-state index in [9.17, 15) is 9.59 Å². The lowest BCUT2D eigenvalue weighted by atomic mass is 9.77. The van der Waals surface area contributed by atoms with Crippen LogP contribution in [0.4, 0.5) is 0 Å². The number of nitrogens with one attached hydrogen (secondary N) is 1. The lowest BCUT2D eigenvalue weighted by Crippen LogP contribution is -2.45. The molecule has 210 valence electrons. The van der Waals surface area contributed by atoms with Gasteiger partial charge in [-0.05, 0) is 75.4 Å². The molecule has 2 saturated heterocycles. The number of rotatable bonds is 10. The molecule has 1 saturated carbocycles. The third kappa shape index (κ3) is 6.24. The van der Waals surface area contributed by atoms with E-state index < -0.39 is 0 Å². The van der Waals surface area contributed by atoms with Gasteiger partial charge in [-0.3, -0.25) is 9.59 Å². The summed E-state index contributed by atoms with van der Waals surface area (Å²) in [5, 5.41) is 3.37. The van der Waals surface area contributed by atoms with E-state index in [0.29, 0.717) is 12.5 Å². The highest BCUT2D eigenvalue weighted by Gasteiger charge is 2.47. The number of hydrogen-bond donors (Lipinski definition) is 1. The summed E-state index contributed by atoms with van der Waals surface area (Å²) in [5.41, 5.74) is 1.96. The summed E-state index contributed by atoms with van der Waals surface area (Å²) in [7, 11) is 3.36. The Morgan fingerprint density at radius 1 is 0.974 bits per heavy atom. The van der Waals surface area contributed by atoms with Gasteiger partial charge in [-0.1, -0.05) is 43.2 Å². The summed E-state index contributed by atoms with van der Waals surface area (Å²) in [5.74, 6) is 2.27. The Morgan fingerprint density at radius 3 is 2.36 bits per heavy atom. The van der Waals surface area contributed by atoms with Crippen LogP contribution in [0.2, 0.25) is 0 Å². The van der Waals surface area contributed by atoms with Crippen molar-refractivity contribution in [1.29, 1.82) is 0 Å². The number of methoxy groups -OCH3 is 2.